The average Bonchev–Trinajstić information content (AvgIpc) is 2.47. The Hall–Kier alpha value is -3.09. The Morgan fingerprint density at radius 2 is 1.90 bits per heavy atom. The lowest BCUT2D eigenvalue weighted by molar-refractivity contribution is -0.385. The SMILES string of the molecule is COc1cccc(-c2ccc(OC(=O)O)c([N+](=O)[O-])c2)c1. The molecule has 2 aromatic rings. The van der Waals surface area contributed by atoms with E-state index in [2.05, 4.69) is 4.74 Å². The maximum Gasteiger partial charge on any atom is 0.511 e. The molecule has 0 radical (unpaired) electrons. The number of methoxy groups -OCH3 is 1. The number of hydrogen-bond acceptors (Lipinski definition) is 5. The van der Waals surface area contributed by atoms with E-state index in [0.29, 0.717) is 16.9 Å². The Labute approximate surface area is 119 Å². The third-order valence-electron chi connectivity index (χ3n) is 2.76. The lowest BCUT2D eigenvalue weighted by Gasteiger charge is -2.06. The van der Waals surface area contributed by atoms with Gasteiger partial charge in [-0.25, -0.2) is 4.79 Å². The second-order valence-corrected chi connectivity index (χ2v) is 4.04. The molecule has 0 saturated heterocycles. The summed E-state index contributed by atoms with van der Waals surface area (Å²) in [5, 5.41) is 19.6. The van der Waals surface area contributed by atoms with Gasteiger partial charge in [0.15, 0.2) is 0 Å². The Morgan fingerprint density at radius 3 is 2.52 bits per heavy atom. The fraction of sp³-hybridized carbons (Fsp3) is 0.0714. The van der Waals surface area contributed by atoms with Gasteiger partial charge in [0.25, 0.3) is 0 Å². The molecule has 0 atom stereocenters. The number of carbonyl (C=O) groups is 1. The smallest absolute Gasteiger partial charge is 0.497 e. The summed E-state index contributed by atoms with van der Waals surface area (Å²) in [4.78, 5) is 20.8. The van der Waals surface area contributed by atoms with Gasteiger partial charge < -0.3 is 14.6 Å². The monoisotopic (exact) mass is 289 g/mol. The van der Waals surface area contributed by atoms with Crippen molar-refractivity contribution in [3.05, 3.63) is 52.6 Å². The Morgan fingerprint density at radius 1 is 1.19 bits per heavy atom. The number of nitrogens with zero attached hydrogens (tertiary/aromatic N) is 1. The van der Waals surface area contributed by atoms with Crippen LogP contribution in [0.1, 0.15) is 0 Å². The van der Waals surface area contributed by atoms with E-state index in [9.17, 15) is 14.9 Å². The molecule has 1 N–H and O–H groups in total. The first-order chi connectivity index (χ1) is 10.0. The zero-order valence-corrected chi connectivity index (χ0v) is 11.0. The highest BCUT2D eigenvalue weighted by Gasteiger charge is 2.19. The van der Waals surface area contributed by atoms with Crippen molar-refractivity contribution in [1.29, 1.82) is 0 Å². The van der Waals surface area contributed by atoms with Crippen LogP contribution in [0.2, 0.25) is 0 Å². The van der Waals surface area contributed by atoms with E-state index < -0.39 is 16.8 Å². The number of nitro groups is 1. The molecule has 0 saturated carbocycles. The number of rotatable bonds is 4. The molecule has 0 amide bonds. The third kappa shape index (κ3) is 3.27. The summed E-state index contributed by atoms with van der Waals surface area (Å²) in [7, 11) is 1.52. The maximum absolute atomic E-state index is 11.0. The van der Waals surface area contributed by atoms with Crippen LogP contribution in [0.5, 0.6) is 11.5 Å². The second kappa shape index (κ2) is 5.91. The minimum absolute atomic E-state index is 0.320. The summed E-state index contributed by atoms with van der Waals surface area (Å²) in [6, 6.07) is 11.0. The van der Waals surface area contributed by atoms with Gasteiger partial charge in [0.1, 0.15) is 5.75 Å². The van der Waals surface area contributed by atoms with Crippen molar-refractivity contribution in [3.8, 4) is 22.6 Å². The fourth-order valence-corrected chi connectivity index (χ4v) is 1.82. The topological polar surface area (TPSA) is 98.9 Å². The summed E-state index contributed by atoms with van der Waals surface area (Å²) < 4.78 is 9.49. The highest BCUT2D eigenvalue weighted by molar-refractivity contribution is 5.72. The first kappa shape index (κ1) is 14.3. The van der Waals surface area contributed by atoms with Gasteiger partial charge in [-0.1, -0.05) is 18.2 Å². The van der Waals surface area contributed by atoms with E-state index in [1.807, 2.05) is 0 Å². The van der Waals surface area contributed by atoms with Crippen LogP contribution in [0.25, 0.3) is 11.1 Å². The van der Waals surface area contributed by atoms with Crippen molar-refractivity contribution in [2.75, 3.05) is 7.11 Å². The summed E-state index contributed by atoms with van der Waals surface area (Å²) >= 11 is 0. The number of carboxylic acid groups (broad SMARTS) is 1. The molecule has 108 valence electrons. The summed E-state index contributed by atoms with van der Waals surface area (Å²) in [5.41, 5.74) is 0.843. The van der Waals surface area contributed by atoms with Crippen LogP contribution in [-0.2, 0) is 0 Å². The van der Waals surface area contributed by atoms with Gasteiger partial charge in [-0.3, -0.25) is 10.1 Å². The lowest BCUT2D eigenvalue weighted by Crippen LogP contribution is -2.05. The van der Waals surface area contributed by atoms with Crippen LogP contribution in [0.15, 0.2) is 42.5 Å². The first-order valence-electron chi connectivity index (χ1n) is 5.85. The van der Waals surface area contributed by atoms with Gasteiger partial charge in [0.2, 0.25) is 5.75 Å². The lowest BCUT2D eigenvalue weighted by atomic mass is 10.0. The van der Waals surface area contributed by atoms with Crippen LogP contribution in [0, 0.1) is 10.1 Å². The predicted molar refractivity (Wildman–Crippen MR) is 73.7 cm³/mol. The van der Waals surface area contributed by atoms with E-state index in [-0.39, 0.29) is 5.75 Å². The molecular formula is C14H11NO6. The summed E-state index contributed by atoms with van der Waals surface area (Å²) in [6.07, 6.45) is -1.60. The normalized spacial score (nSPS) is 9.95. The van der Waals surface area contributed by atoms with Crippen molar-refractivity contribution in [1.82, 2.24) is 0 Å². The molecule has 0 spiro atoms. The molecule has 7 nitrogen and oxygen atoms in total. The van der Waals surface area contributed by atoms with Gasteiger partial charge in [0, 0.05) is 6.07 Å². The van der Waals surface area contributed by atoms with E-state index in [1.165, 1.54) is 19.2 Å². The molecule has 21 heavy (non-hydrogen) atoms. The van der Waals surface area contributed by atoms with Crippen molar-refractivity contribution >= 4 is 11.8 Å². The number of hydrogen-bond donors (Lipinski definition) is 1. The van der Waals surface area contributed by atoms with Gasteiger partial charge in [-0.15, -0.1) is 0 Å². The number of nitro benzene ring substituents is 1. The van der Waals surface area contributed by atoms with Crippen LogP contribution in [0.4, 0.5) is 10.5 Å². The Kier molecular flexibility index (Phi) is 4.03. The molecule has 7 heteroatoms. The third-order valence-corrected chi connectivity index (χ3v) is 2.76. The van der Waals surface area contributed by atoms with Crippen LogP contribution in [0.3, 0.4) is 0 Å². The largest absolute Gasteiger partial charge is 0.511 e. The zero-order valence-electron chi connectivity index (χ0n) is 11.0. The van der Waals surface area contributed by atoms with Crippen molar-refractivity contribution in [2.24, 2.45) is 0 Å². The van der Waals surface area contributed by atoms with Crippen molar-refractivity contribution < 1.29 is 24.3 Å². The standard InChI is InChI=1S/C14H11NO6/c1-20-11-4-2-3-9(7-11)10-5-6-13(21-14(16)17)12(8-10)15(18)19/h2-8H,1H3,(H,16,17). The van der Waals surface area contributed by atoms with E-state index in [0.717, 1.165) is 0 Å². The van der Waals surface area contributed by atoms with E-state index in [1.54, 1.807) is 30.3 Å². The molecule has 2 rings (SSSR count). The number of benzene rings is 2. The molecule has 0 fully saturated rings. The molecule has 0 aromatic heterocycles. The summed E-state index contributed by atoms with van der Waals surface area (Å²) in [6.45, 7) is 0. The van der Waals surface area contributed by atoms with Crippen molar-refractivity contribution in [3.63, 3.8) is 0 Å². The zero-order chi connectivity index (χ0) is 15.4. The van der Waals surface area contributed by atoms with E-state index in [4.69, 9.17) is 9.84 Å². The van der Waals surface area contributed by atoms with Gasteiger partial charge in [0.05, 0.1) is 12.0 Å². The highest BCUT2D eigenvalue weighted by Crippen LogP contribution is 2.33. The predicted octanol–water partition coefficient (Wildman–Crippen LogP) is 3.33. The van der Waals surface area contributed by atoms with Crippen LogP contribution in [-0.4, -0.2) is 23.3 Å². The minimum Gasteiger partial charge on any atom is -0.497 e. The molecule has 0 heterocycles. The molecular weight excluding hydrogens is 278 g/mol. The molecule has 0 aliphatic heterocycles. The Bertz CT molecular complexity index is 698. The molecule has 0 aliphatic rings. The maximum atomic E-state index is 11.0. The molecule has 0 bridgehead atoms. The van der Waals surface area contributed by atoms with Crippen LogP contribution >= 0.6 is 0 Å². The highest BCUT2D eigenvalue weighted by atomic mass is 16.7. The van der Waals surface area contributed by atoms with Crippen LogP contribution < -0.4 is 9.47 Å². The molecule has 0 aliphatic carbocycles. The second-order valence-electron chi connectivity index (χ2n) is 4.04. The molecule has 0 unspecified atom stereocenters. The number of ether oxygens (including phenoxy) is 2. The first-order valence-corrected chi connectivity index (χ1v) is 5.85. The van der Waals surface area contributed by atoms with E-state index >= 15 is 0 Å². The van der Waals surface area contributed by atoms with Crippen molar-refractivity contribution in [2.45, 2.75) is 0 Å². The average molecular weight is 289 g/mol. The van der Waals surface area contributed by atoms with Gasteiger partial charge in [-0.05, 0) is 29.3 Å². The Balaban J connectivity index is 2.48. The quantitative estimate of drug-likeness (QED) is 0.401. The van der Waals surface area contributed by atoms with Gasteiger partial charge in [-0.2, -0.15) is 0 Å². The molecule has 2 aromatic carbocycles. The fourth-order valence-electron chi connectivity index (χ4n) is 1.82. The summed E-state index contributed by atoms with van der Waals surface area (Å²) in [5.74, 6) is 0.292. The van der Waals surface area contributed by atoms with Gasteiger partial charge >= 0.3 is 11.8 Å². The minimum atomic E-state index is -1.60.